The molecule has 1 atom stereocenters. The van der Waals surface area contributed by atoms with Crippen molar-refractivity contribution in [3.63, 3.8) is 0 Å². The van der Waals surface area contributed by atoms with Crippen LogP contribution in [-0.2, 0) is 19.8 Å². The second-order valence-electron chi connectivity index (χ2n) is 11.4. The van der Waals surface area contributed by atoms with Gasteiger partial charge < -0.3 is 10.2 Å². The second-order valence-corrected chi connectivity index (χ2v) is 11.4. The van der Waals surface area contributed by atoms with Crippen molar-refractivity contribution in [3.8, 4) is 11.1 Å². The molecule has 1 aromatic heterocycles. The van der Waals surface area contributed by atoms with E-state index in [2.05, 4.69) is 21.7 Å². The standard InChI is InChI=1S/C31H29N5O5/c1-16-12-17(10-11-32-16)19-13-20-24(35(4)26(38)15-31(20,2)3)14-22(19)33-21-7-5-6-18-27(21)30(41)36(29(18)40)23-8-9-25(37)34-28(23)39/h5-7,10-14,23,33H,8-9,15H2,1-4H3,(H,34,37,39). The molecule has 0 aliphatic carbocycles. The minimum Gasteiger partial charge on any atom is -0.354 e. The fourth-order valence-corrected chi connectivity index (χ4v) is 5.95. The van der Waals surface area contributed by atoms with Crippen molar-refractivity contribution < 1.29 is 24.0 Å². The number of hydrogen-bond donors (Lipinski definition) is 2. The van der Waals surface area contributed by atoms with Gasteiger partial charge >= 0.3 is 0 Å². The van der Waals surface area contributed by atoms with Crippen molar-refractivity contribution in [2.24, 2.45) is 0 Å². The summed E-state index contributed by atoms with van der Waals surface area (Å²) in [5.74, 6) is -2.27. The number of piperidine rings is 1. The molecule has 3 aromatic rings. The molecule has 0 bridgehead atoms. The first kappa shape index (κ1) is 26.4. The Hall–Kier alpha value is -4.86. The minimum atomic E-state index is -1.06. The number of hydrogen-bond acceptors (Lipinski definition) is 7. The summed E-state index contributed by atoms with van der Waals surface area (Å²) >= 11 is 0. The number of carbonyl (C=O) groups excluding carboxylic acids is 5. The molecule has 0 spiro atoms. The average Bonchev–Trinajstić information content (AvgIpc) is 3.17. The third-order valence-corrected chi connectivity index (χ3v) is 8.14. The van der Waals surface area contributed by atoms with Gasteiger partial charge in [-0.05, 0) is 60.9 Å². The number of aryl methyl sites for hydroxylation is 1. The number of nitrogens with one attached hydrogen (secondary N) is 2. The second kappa shape index (κ2) is 9.36. The maximum atomic E-state index is 13.7. The van der Waals surface area contributed by atoms with Crippen molar-refractivity contribution >= 4 is 46.6 Å². The normalized spacial score (nSPS) is 19.7. The van der Waals surface area contributed by atoms with Crippen LogP contribution in [0.25, 0.3) is 11.1 Å². The molecule has 1 unspecified atom stereocenters. The van der Waals surface area contributed by atoms with Crippen LogP contribution in [0.1, 0.15) is 65.1 Å². The lowest BCUT2D eigenvalue weighted by atomic mass is 9.76. The van der Waals surface area contributed by atoms with Crippen LogP contribution in [0.5, 0.6) is 0 Å². The molecular weight excluding hydrogens is 522 g/mol. The third-order valence-electron chi connectivity index (χ3n) is 8.14. The molecule has 0 saturated carbocycles. The SMILES string of the molecule is Cc1cc(-c2cc3c(cc2Nc2cccc4c2C(=O)N(C2CCC(=O)NC2=O)C4=O)N(C)C(=O)CC3(C)C)ccn1. The Labute approximate surface area is 236 Å². The Balaban J connectivity index is 1.47. The fourth-order valence-electron chi connectivity index (χ4n) is 5.95. The smallest absolute Gasteiger partial charge is 0.264 e. The molecule has 3 aliphatic rings. The number of pyridine rings is 1. The fraction of sp³-hybridized carbons (Fsp3) is 0.290. The van der Waals surface area contributed by atoms with Crippen LogP contribution in [0.4, 0.5) is 17.1 Å². The van der Waals surface area contributed by atoms with Gasteiger partial charge in [-0.15, -0.1) is 0 Å². The number of carbonyl (C=O) groups is 5. The molecule has 3 aliphatic heterocycles. The Bertz CT molecular complexity index is 1690. The molecule has 1 saturated heterocycles. The average molecular weight is 552 g/mol. The van der Waals surface area contributed by atoms with Gasteiger partial charge in [-0.1, -0.05) is 19.9 Å². The lowest BCUT2D eigenvalue weighted by Gasteiger charge is -2.38. The first-order chi connectivity index (χ1) is 19.5. The van der Waals surface area contributed by atoms with Crippen LogP contribution in [0.15, 0.2) is 48.7 Å². The van der Waals surface area contributed by atoms with Crippen LogP contribution in [-0.4, -0.2) is 52.5 Å². The highest BCUT2D eigenvalue weighted by molar-refractivity contribution is 6.25. The maximum absolute atomic E-state index is 13.7. The number of aromatic nitrogens is 1. The first-order valence-corrected chi connectivity index (χ1v) is 13.5. The Morgan fingerprint density at radius 3 is 2.49 bits per heavy atom. The zero-order valence-corrected chi connectivity index (χ0v) is 23.2. The predicted octanol–water partition coefficient (Wildman–Crippen LogP) is 3.85. The summed E-state index contributed by atoms with van der Waals surface area (Å²) in [7, 11) is 1.75. The summed E-state index contributed by atoms with van der Waals surface area (Å²) in [6, 6.07) is 11.7. The van der Waals surface area contributed by atoms with Crippen molar-refractivity contribution in [1.29, 1.82) is 0 Å². The quantitative estimate of drug-likeness (QED) is 0.472. The number of benzene rings is 2. The Kier molecular flexibility index (Phi) is 6.02. The minimum absolute atomic E-state index is 0.00205. The monoisotopic (exact) mass is 551 g/mol. The van der Waals surface area contributed by atoms with Gasteiger partial charge in [0.1, 0.15) is 6.04 Å². The molecule has 2 N–H and O–H groups in total. The number of rotatable bonds is 4. The number of fused-ring (bicyclic) bond motifs is 2. The van der Waals surface area contributed by atoms with Crippen LogP contribution in [0.3, 0.4) is 0 Å². The summed E-state index contributed by atoms with van der Waals surface area (Å²) in [5, 5.41) is 5.61. The van der Waals surface area contributed by atoms with Crippen molar-refractivity contribution in [3.05, 3.63) is 71.0 Å². The van der Waals surface area contributed by atoms with Gasteiger partial charge in [0.25, 0.3) is 11.8 Å². The van der Waals surface area contributed by atoms with E-state index < -0.39 is 35.1 Å². The summed E-state index contributed by atoms with van der Waals surface area (Å²) in [5.41, 5.74) is 5.32. The summed E-state index contributed by atoms with van der Waals surface area (Å²) < 4.78 is 0. The first-order valence-electron chi connectivity index (χ1n) is 13.5. The van der Waals surface area contributed by atoms with Gasteiger partial charge in [-0.2, -0.15) is 0 Å². The zero-order chi connectivity index (χ0) is 29.2. The maximum Gasteiger partial charge on any atom is 0.264 e. The van der Waals surface area contributed by atoms with E-state index in [1.807, 2.05) is 39.0 Å². The summed E-state index contributed by atoms with van der Waals surface area (Å²) in [6.45, 7) is 6.00. The molecule has 4 heterocycles. The lowest BCUT2D eigenvalue weighted by molar-refractivity contribution is -0.136. The van der Waals surface area contributed by atoms with E-state index in [0.29, 0.717) is 17.8 Å². The highest BCUT2D eigenvalue weighted by Crippen LogP contribution is 2.46. The van der Waals surface area contributed by atoms with E-state index in [9.17, 15) is 24.0 Å². The van der Waals surface area contributed by atoms with Gasteiger partial charge in [0.15, 0.2) is 0 Å². The third kappa shape index (κ3) is 4.26. The molecule has 208 valence electrons. The van der Waals surface area contributed by atoms with E-state index in [1.165, 1.54) is 0 Å². The van der Waals surface area contributed by atoms with Gasteiger partial charge in [-0.25, -0.2) is 0 Å². The molecule has 10 heteroatoms. The summed E-state index contributed by atoms with van der Waals surface area (Å²) in [6.07, 6.45) is 2.22. The number of imide groups is 2. The van der Waals surface area contributed by atoms with E-state index in [1.54, 1.807) is 36.3 Å². The molecule has 5 amide bonds. The van der Waals surface area contributed by atoms with E-state index in [-0.39, 0.29) is 29.9 Å². The molecule has 2 aromatic carbocycles. The van der Waals surface area contributed by atoms with Gasteiger partial charge in [0, 0.05) is 54.1 Å². The molecule has 10 nitrogen and oxygen atoms in total. The Morgan fingerprint density at radius 2 is 1.76 bits per heavy atom. The van der Waals surface area contributed by atoms with E-state index in [0.717, 1.165) is 33.0 Å². The summed E-state index contributed by atoms with van der Waals surface area (Å²) in [4.78, 5) is 71.1. The van der Waals surface area contributed by atoms with Crippen molar-refractivity contribution in [2.75, 3.05) is 17.3 Å². The molecule has 6 rings (SSSR count). The molecule has 1 fully saturated rings. The number of amides is 5. The number of nitrogens with zero attached hydrogens (tertiary/aromatic N) is 3. The van der Waals surface area contributed by atoms with Crippen molar-refractivity contribution in [2.45, 2.75) is 51.5 Å². The van der Waals surface area contributed by atoms with E-state index >= 15 is 0 Å². The van der Waals surface area contributed by atoms with Crippen LogP contribution < -0.4 is 15.5 Å². The van der Waals surface area contributed by atoms with Crippen LogP contribution in [0, 0.1) is 6.92 Å². The lowest BCUT2D eigenvalue weighted by Crippen LogP contribution is -2.54. The van der Waals surface area contributed by atoms with Crippen LogP contribution >= 0.6 is 0 Å². The molecular formula is C31H29N5O5. The zero-order valence-electron chi connectivity index (χ0n) is 23.2. The van der Waals surface area contributed by atoms with Crippen LogP contribution in [0.2, 0.25) is 0 Å². The predicted molar refractivity (Wildman–Crippen MR) is 152 cm³/mol. The molecule has 41 heavy (non-hydrogen) atoms. The van der Waals surface area contributed by atoms with Gasteiger partial charge in [0.05, 0.1) is 16.8 Å². The Morgan fingerprint density at radius 1 is 0.976 bits per heavy atom. The van der Waals surface area contributed by atoms with Crippen molar-refractivity contribution in [1.82, 2.24) is 15.2 Å². The van der Waals surface area contributed by atoms with Gasteiger partial charge in [0.2, 0.25) is 17.7 Å². The number of anilines is 3. The largest absolute Gasteiger partial charge is 0.354 e. The topological polar surface area (TPSA) is 129 Å². The molecule has 0 radical (unpaired) electrons. The highest BCUT2D eigenvalue weighted by Gasteiger charge is 2.46. The van der Waals surface area contributed by atoms with Gasteiger partial charge in [-0.3, -0.25) is 39.2 Å². The van der Waals surface area contributed by atoms with E-state index in [4.69, 9.17) is 0 Å². The highest BCUT2D eigenvalue weighted by atomic mass is 16.2.